The first-order valence-corrected chi connectivity index (χ1v) is 6.94. The monoisotopic (exact) mass is 298 g/mol. The van der Waals surface area contributed by atoms with Gasteiger partial charge in [-0.15, -0.1) is 0 Å². The van der Waals surface area contributed by atoms with Crippen molar-refractivity contribution in [1.82, 2.24) is 0 Å². The van der Waals surface area contributed by atoms with Gasteiger partial charge in [0.15, 0.2) is 5.78 Å². The number of Topliss-reactive ketones (excluding diaryl/α,β-unsaturated/α-hetero) is 1. The summed E-state index contributed by atoms with van der Waals surface area (Å²) in [5, 5.41) is 0. The highest BCUT2D eigenvalue weighted by Crippen LogP contribution is 2.29. The molecule has 0 aliphatic heterocycles. The highest BCUT2D eigenvalue weighted by Gasteiger charge is 2.18. The second-order valence-electron chi connectivity index (χ2n) is 4.74. The zero-order chi connectivity index (χ0) is 12.3. The number of rotatable bonds is 4. The summed E-state index contributed by atoms with van der Waals surface area (Å²) in [7, 11) is 0. The van der Waals surface area contributed by atoms with Crippen LogP contribution in [-0.2, 0) is 0 Å². The van der Waals surface area contributed by atoms with E-state index in [4.69, 9.17) is 0 Å². The lowest BCUT2D eigenvalue weighted by molar-refractivity contribution is 0.0970. The minimum absolute atomic E-state index is 0.0734. The van der Waals surface area contributed by atoms with Crippen molar-refractivity contribution in [2.24, 2.45) is 5.92 Å². The van der Waals surface area contributed by atoms with Crippen LogP contribution in [0, 0.1) is 11.7 Å². The molecule has 0 radical (unpaired) electrons. The number of hydrogen-bond acceptors (Lipinski definition) is 1. The molecule has 1 nitrogen and oxygen atoms in total. The molecule has 1 aliphatic rings. The average Bonchev–Trinajstić information content (AvgIpc) is 2.82. The number of hydrogen-bond donors (Lipinski definition) is 0. The Labute approximate surface area is 110 Å². The van der Waals surface area contributed by atoms with Crippen LogP contribution in [0.4, 0.5) is 4.39 Å². The first-order chi connectivity index (χ1) is 8.16. The van der Waals surface area contributed by atoms with Gasteiger partial charge in [0.1, 0.15) is 5.82 Å². The zero-order valence-corrected chi connectivity index (χ0v) is 11.3. The quantitative estimate of drug-likeness (QED) is 0.734. The zero-order valence-electron chi connectivity index (χ0n) is 9.72. The summed E-state index contributed by atoms with van der Waals surface area (Å²) < 4.78 is 14.2. The van der Waals surface area contributed by atoms with Crippen molar-refractivity contribution in [2.75, 3.05) is 0 Å². The van der Waals surface area contributed by atoms with Gasteiger partial charge in [-0.2, -0.15) is 0 Å². The van der Waals surface area contributed by atoms with Crippen LogP contribution in [0.25, 0.3) is 0 Å². The van der Waals surface area contributed by atoms with E-state index < -0.39 is 5.82 Å². The van der Waals surface area contributed by atoms with Gasteiger partial charge in [-0.05, 0) is 30.5 Å². The summed E-state index contributed by atoms with van der Waals surface area (Å²) in [6.07, 6.45) is 6.40. The molecule has 1 aromatic carbocycles. The summed E-state index contributed by atoms with van der Waals surface area (Å²) in [5.41, 5.74) is 0.220. The fourth-order valence-electron chi connectivity index (χ4n) is 2.48. The summed E-state index contributed by atoms with van der Waals surface area (Å²) in [5.74, 6) is 0.189. The summed E-state index contributed by atoms with van der Waals surface area (Å²) in [4.78, 5) is 11.9. The lowest BCUT2D eigenvalue weighted by Crippen LogP contribution is -2.05. The molecule has 17 heavy (non-hydrogen) atoms. The van der Waals surface area contributed by atoms with Gasteiger partial charge in [0, 0.05) is 10.9 Å². The second-order valence-corrected chi connectivity index (χ2v) is 5.65. The first kappa shape index (κ1) is 12.7. The molecule has 0 saturated heterocycles. The Morgan fingerprint density at radius 3 is 2.76 bits per heavy atom. The average molecular weight is 299 g/mol. The molecule has 0 amide bonds. The lowest BCUT2D eigenvalue weighted by atomic mass is 9.97. The van der Waals surface area contributed by atoms with Crippen LogP contribution in [0.3, 0.4) is 0 Å². The van der Waals surface area contributed by atoms with Gasteiger partial charge >= 0.3 is 0 Å². The van der Waals surface area contributed by atoms with Gasteiger partial charge < -0.3 is 0 Å². The van der Waals surface area contributed by atoms with Gasteiger partial charge in [-0.1, -0.05) is 41.6 Å². The maximum absolute atomic E-state index is 13.5. The topological polar surface area (TPSA) is 17.1 Å². The molecule has 1 saturated carbocycles. The van der Waals surface area contributed by atoms with Crippen LogP contribution < -0.4 is 0 Å². The van der Waals surface area contributed by atoms with Crippen LogP contribution in [0.2, 0.25) is 0 Å². The largest absolute Gasteiger partial charge is 0.294 e. The van der Waals surface area contributed by atoms with E-state index in [0.717, 1.165) is 10.9 Å². The molecular formula is C14H16BrFO. The van der Waals surface area contributed by atoms with E-state index >= 15 is 0 Å². The van der Waals surface area contributed by atoms with Crippen molar-refractivity contribution >= 4 is 21.7 Å². The molecule has 0 aromatic heterocycles. The third kappa shape index (κ3) is 3.38. The molecule has 3 heteroatoms. The predicted molar refractivity (Wildman–Crippen MR) is 69.6 cm³/mol. The van der Waals surface area contributed by atoms with Crippen LogP contribution in [-0.4, -0.2) is 5.78 Å². The highest BCUT2D eigenvalue weighted by atomic mass is 79.9. The molecule has 92 valence electrons. The van der Waals surface area contributed by atoms with E-state index in [1.54, 1.807) is 12.1 Å². The Hall–Kier alpha value is -0.700. The van der Waals surface area contributed by atoms with Gasteiger partial charge in [0.05, 0.1) is 5.56 Å². The molecule has 0 N–H and O–H groups in total. The molecule has 0 unspecified atom stereocenters. The third-order valence-corrected chi connectivity index (χ3v) is 3.98. The van der Waals surface area contributed by atoms with Crippen molar-refractivity contribution < 1.29 is 9.18 Å². The number of ketones is 1. The van der Waals surface area contributed by atoms with Crippen molar-refractivity contribution in [3.8, 4) is 0 Å². The molecule has 1 fully saturated rings. The Morgan fingerprint density at radius 2 is 2.06 bits per heavy atom. The SMILES string of the molecule is O=C(CCC1CCCC1)c1cc(Br)ccc1F. The number of benzene rings is 1. The summed E-state index contributed by atoms with van der Waals surface area (Å²) in [6.45, 7) is 0. The maximum atomic E-state index is 13.5. The molecule has 1 aliphatic carbocycles. The van der Waals surface area contributed by atoms with Crippen molar-refractivity contribution in [3.05, 3.63) is 34.1 Å². The molecule has 2 rings (SSSR count). The maximum Gasteiger partial charge on any atom is 0.165 e. The Bertz CT molecular complexity index is 411. The van der Waals surface area contributed by atoms with Crippen LogP contribution in [0.1, 0.15) is 48.9 Å². The van der Waals surface area contributed by atoms with E-state index in [-0.39, 0.29) is 11.3 Å². The molecular weight excluding hydrogens is 283 g/mol. The number of carbonyl (C=O) groups excluding carboxylic acids is 1. The molecule has 0 heterocycles. The predicted octanol–water partition coefficient (Wildman–Crippen LogP) is 4.74. The normalized spacial score (nSPS) is 16.4. The van der Waals surface area contributed by atoms with Gasteiger partial charge in [0.25, 0.3) is 0 Å². The van der Waals surface area contributed by atoms with Crippen molar-refractivity contribution in [3.63, 3.8) is 0 Å². The smallest absolute Gasteiger partial charge is 0.165 e. The van der Waals surface area contributed by atoms with E-state index in [9.17, 15) is 9.18 Å². The van der Waals surface area contributed by atoms with E-state index in [1.807, 2.05) is 0 Å². The van der Waals surface area contributed by atoms with Crippen LogP contribution in [0.15, 0.2) is 22.7 Å². The Morgan fingerprint density at radius 1 is 1.35 bits per heavy atom. The molecule has 0 bridgehead atoms. The number of carbonyl (C=O) groups is 1. The molecule has 0 spiro atoms. The molecule has 0 atom stereocenters. The highest BCUT2D eigenvalue weighted by molar-refractivity contribution is 9.10. The van der Waals surface area contributed by atoms with Gasteiger partial charge in [-0.3, -0.25) is 4.79 Å². The van der Waals surface area contributed by atoms with Crippen LogP contribution >= 0.6 is 15.9 Å². The lowest BCUT2D eigenvalue weighted by Gasteiger charge is -2.08. The van der Waals surface area contributed by atoms with E-state index in [1.165, 1.54) is 31.7 Å². The van der Waals surface area contributed by atoms with Gasteiger partial charge in [-0.25, -0.2) is 4.39 Å². The fourth-order valence-corrected chi connectivity index (χ4v) is 2.84. The molecule has 1 aromatic rings. The van der Waals surface area contributed by atoms with E-state index in [2.05, 4.69) is 15.9 Å². The van der Waals surface area contributed by atoms with Gasteiger partial charge in [0.2, 0.25) is 0 Å². The Kier molecular flexibility index (Phi) is 4.32. The first-order valence-electron chi connectivity index (χ1n) is 6.15. The third-order valence-electron chi connectivity index (χ3n) is 3.48. The fraction of sp³-hybridized carbons (Fsp3) is 0.500. The minimum Gasteiger partial charge on any atom is -0.294 e. The Balaban J connectivity index is 1.96. The summed E-state index contributed by atoms with van der Waals surface area (Å²) >= 11 is 3.26. The summed E-state index contributed by atoms with van der Waals surface area (Å²) in [6, 6.07) is 4.53. The van der Waals surface area contributed by atoms with Crippen molar-refractivity contribution in [1.29, 1.82) is 0 Å². The van der Waals surface area contributed by atoms with Crippen LogP contribution in [0.5, 0.6) is 0 Å². The second kappa shape index (κ2) is 5.76. The minimum atomic E-state index is -0.412. The van der Waals surface area contributed by atoms with E-state index in [0.29, 0.717) is 12.3 Å². The van der Waals surface area contributed by atoms with Crippen molar-refractivity contribution in [2.45, 2.75) is 38.5 Å². The standard InChI is InChI=1S/C14H16BrFO/c15-11-6-7-13(16)12(9-11)14(17)8-5-10-3-1-2-4-10/h6-7,9-10H,1-5,8H2. The number of halogens is 2.